The Morgan fingerprint density at radius 3 is 2.55 bits per heavy atom. The van der Waals surface area contributed by atoms with Gasteiger partial charge in [0.1, 0.15) is 5.69 Å². The molecule has 2 amide bonds. The Morgan fingerprint density at radius 1 is 1.21 bits per heavy atom. The maximum Gasteiger partial charge on any atom is 0.416 e. The van der Waals surface area contributed by atoms with Crippen LogP contribution in [0.25, 0.3) is 0 Å². The number of benzene rings is 1. The highest BCUT2D eigenvalue weighted by Gasteiger charge is 2.32. The zero-order valence-electron chi connectivity index (χ0n) is 16.0. The molecule has 0 fully saturated rings. The number of carbonyl (C=O) groups excluding carboxylic acids is 2. The Morgan fingerprint density at radius 2 is 1.93 bits per heavy atom. The van der Waals surface area contributed by atoms with Crippen LogP contribution in [0.4, 0.5) is 24.5 Å². The molecule has 2 rings (SSSR count). The van der Waals surface area contributed by atoms with Crippen LogP contribution in [-0.4, -0.2) is 43.7 Å². The Bertz CT molecular complexity index is 874. The monoisotopic (exact) mass is 411 g/mol. The van der Waals surface area contributed by atoms with Crippen molar-refractivity contribution >= 4 is 23.2 Å². The van der Waals surface area contributed by atoms with Crippen LogP contribution in [0.3, 0.4) is 0 Å². The van der Waals surface area contributed by atoms with E-state index in [2.05, 4.69) is 10.3 Å². The highest BCUT2D eigenvalue weighted by molar-refractivity contribution is 6.44. The number of hydrogen-bond acceptors (Lipinski definition) is 5. The van der Waals surface area contributed by atoms with Crippen molar-refractivity contribution in [1.82, 2.24) is 4.98 Å². The van der Waals surface area contributed by atoms with Crippen LogP contribution in [0.2, 0.25) is 0 Å². The summed E-state index contributed by atoms with van der Waals surface area (Å²) in [5, 5.41) is 2.21. The lowest BCUT2D eigenvalue weighted by molar-refractivity contribution is -0.137. The van der Waals surface area contributed by atoms with E-state index in [1.54, 1.807) is 13.0 Å². The van der Waals surface area contributed by atoms with Gasteiger partial charge in [0.2, 0.25) is 5.88 Å². The molecule has 156 valence electrons. The van der Waals surface area contributed by atoms with E-state index >= 15 is 0 Å². The zero-order chi connectivity index (χ0) is 21.6. The maximum atomic E-state index is 12.9. The number of alkyl halides is 3. The molecule has 0 aliphatic heterocycles. The third-order valence-electron chi connectivity index (χ3n) is 3.91. The van der Waals surface area contributed by atoms with Gasteiger partial charge >= 0.3 is 18.0 Å². The van der Waals surface area contributed by atoms with Gasteiger partial charge in [0.15, 0.2) is 0 Å². The first-order chi connectivity index (χ1) is 13.7. The highest BCUT2D eigenvalue weighted by atomic mass is 19.4. The molecule has 0 spiro atoms. The van der Waals surface area contributed by atoms with Crippen LogP contribution < -0.4 is 15.0 Å². The van der Waals surface area contributed by atoms with Crippen molar-refractivity contribution in [3.63, 3.8) is 0 Å². The van der Waals surface area contributed by atoms with Crippen molar-refractivity contribution < 1.29 is 32.2 Å². The van der Waals surface area contributed by atoms with Crippen molar-refractivity contribution in [2.75, 3.05) is 31.0 Å². The van der Waals surface area contributed by atoms with E-state index in [1.807, 2.05) is 0 Å². The smallest absolute Gasteiger partial charge is 0.416 e. The predicted octanol–water partition coefficient (Wildman–Crippen LogP) is 3.12. The van der Waals surface area contributed by atoms with Crippen molar-refractivity contribution in [2.24, 2.45) is 0 Å². The Hall–Kier alpha value is -3.14. The van der Waals surface area contributed by atoms with Crippen molar-refractivity contribution in [1.29, 1.82) is 0 Å². The molecule has 1 heterocycles. The molecule has 0 saturated carbocycles. The Kier molecular flexibility index (Phi) is 7.16. The zero-order valence-corrected chi connectivity index (χ0v) is 16.0. The van der Waals surface area contributed by atoms with Crippen LogP contribution in [0, 0.1) is 0 Å². The molecule has 29 heavy (non-hydrogen) atoms. The molecule has 1 aromatic carbocycles. The normalized spacial score (nSPS) is 12.2. The topological polar surface area (TPSA) is 80.8 Å². The molecule has 1 N–H and O–H groups in total. The lowest BCUT2D eigenvalue weighted by Gasteiger charge is -2.29. The van der Waals surface area contributed by atoms with E-state index in [0.717, 1.165) is 23.1 Å². The van der Waals surface area contributed by atoms with Gasteiger partial charge < -0.3 is 14.8 Å². The minimum Gasteiger partial charge on any atom is -0.480 e. The fourth-order valence-corrected chi connectivity index (χ4v) is 2.65. The van der Waals surface area contributed by atoms with Gasteiger partial charge in [-0.05, 0) is 37.3 Å². The summed E-state index contributed by atoms with van der Waals surface area (Å²) in [5.74, 6) is -2.01. The third-order valence-corrected chi connectivity index (χ3v) is 3.91. The van der Waals surface area contributed by atoms with E-state index in [1.165, 1.54) is 32.5 Å². The summed E-state index contributed by atoms with van der Waals surface area (Å²) in [5.41, 5.74) is -0.874. The van der Waals surface area contributed by atoms with Gasteiger partial charge in [-0.2, -0.15) is 13.2 Å². The number of hydrogen-bond donors (Lipinski definition) is 1. The first kappa shape index (κ1) is 22.2. The second-order valence-electron chi connectivity index (χ2n) is 6.04. The molecule has 0 saturated heterocycles. The second kappa shape index (κ2) is 9.37. The van der Waals surface area contributed by atoms with E-state index in [-0.39, 0.29) is 23.9 Å². The van der Waals surface area contributed by atoms with Gasteiger partial charge in [-0.15, -0.1) is 0 Å². The lowest BCUT2D eigenvalue weighted by Crippen LogP contribution is -2.47. The molecule has 1 aromatic heterocycles. The molecule has 10 heteroatoms. The van der Waals surface area contributed by atoms with Crippen molar-refractivity contribution in [2.45, 2.75) is 19.1 Å². The minimum atomic E-state index is -4.58. The first-order valence-corrected chi connectivity index (χ1v) is 8.48. The van der Waals surface area contributed by atoms with Gasteiger partial charge in [-0.25, -0.2) is 4.98 Å². The molecule has 0 aliphatic rings. The number of anilines is 2. The standard InChI is InChI=1S/C19H20F3N3O4/c1-12(11-28-2)25(15-8-5-9-23-17(15)29-3)18(27)16(26)24-14-7-4-6-13(10-14)19(20,21)22/h4-10,12H,11H2,1-3H3,(H,24,26). The predicted molar refractivity (Wildman–Crippen MR) is 99.7 cm³/mol. The van der Waals surface area contributed by atoms with E-state index in [0.29, 0.717) is 0 Å². The summed E-state index contributed by atoms with van der Waals surface area (Å²) < 4.78 is 48.8. The van der Waals surface area contributed by atoms with Gasteiger partial charge in [0, 0.05) is 19.0 Å². The van der Waals surface area contributed by atoms with Crippen LogP contribution in [0.5, 0.6) is 5.88 Å². The fraction of sp³-hybridized carbons (Fsp3) is 0.316. The van der Waals surface area contributed by atoms with E-state index in [4.69, 9.17) is 9.47 Å². The number of pyridine rings is 1. The number of rotatable bonds is 6. The molecule has 0 aliphatic carbocycles. The molecule has 0 radical (unpaired) electrons. The molecule has 0 bridgehead atoms. The summed E-state index contributed by atoms with van der Waals surface area (Å²) in [6.07, 6.45) is -3.12. The van der Waals surface area contributed by atoms with Crippen LogP contribution in [0.15, 0.2) is 42.6 Å². The van der Waals surface area contributed by atoms with Gasteiger partial charge in [-0.1, -0.05) is 6.07 Å². The number of ether oxygens (including phenoxy) is 2. The second-order valence-corrected chi connectivity index (χ2v) is 6.04. The highest BCUT2D eigenvalue weighted by Crippen LogP contribution is 2.31. The SMILES string of the molecule is COCC(C)N(C(=O)C(=O)Nc1cccc(C(F)(F)F)c1)c1cccnc1OC. The lowest BCUT2D eigenvalue weighted by atomic mass is 10.2. The maximum absolute atomic E-state index is 12.9. The molecule has 2 aromatic rings. The molecule has 1 atom stereocenters. The number of halogens is 3. The number of methoxy groups -OCH3 is 2. The largest absolute Gasteiger partial charge is 0.480 e. The molecular formula is C19H20F3N3O4. The molecule has 1 unspecified atom stereocenters. The minimum absolute atomic E-state index is 0.0978. The summed E-state index contributed by atoms with van der Waals surface area (Å²) >= 11 is 0. The first-order valence-electron chi connectivity index (χ1n) is 8.48. The van der Waals surface area contributed by atoms with Crippen LogP contribution in [0.1, 0.15) is 12.5 Å². The number of nitrogens with one attached hydrogen (secondary N) is 1. The average Bonchev–Trinajstić information content (AvgIpc) is 2.68. The number of nitrogens with zero attached hydrogens (tertiary/aromatic N) is 2. The van der Waals surface area contributed by atoms with E-state index in [9.17, 15) is 22.8 Å². The van der Waals surface area contributed by atoms with Crippen LogP contribution >= 0.6 is 0 Å². The Balaban J connectivity index is 2.32. The van der Waals surface area contributed by atoms with Gasteiger partial charge in [-0.3, -0.25) is 14.5 Å². The van der Waals surface area contributed by atoms with Crippen molar-refractivity contribution in [3.8, 4) is 5.88 Å². The number of carbonyl (C=O) groups is 2. The fourth-order valence-electron chi connectivity index (χ4n) is 2.65. The van der Waals surface area contributed by atoms with Crippen molar-refractivity contribution in [3.05, 3.63) is 48.2 Å². The Labute approximate surface area is 165 Å². The number of amides is 2. The third kappa shape index (κ3) is 5.44. The molecule has 7 nitrogen and oxygen atoms in total. The number of aromatic nitrogens is 1. The summed E-state index contributed by atoms with van der Waals surface area (Å²) in [6.45, 7) is 1.74. The van der Waals surface area contributed by atoms with E-state index < -0.39 is 29.6 Å². The summed E-state index contributed by atoms with van der Waals surface area (Å²) in [4.78, 5) is 30.5. The molecular weight excluding hydrogens is 391 g/mol. The quantitative estimate of drug-likeness (QED) is 0.739. The average molecular weight is 411 g/mol. The summed E-state index contributed by atoms with van der Waals surface area (Å²) in [6, 6.07) is 6.52. The van der Waals surface area contributed by atoms with Gasteiger partial charge in [0.05, 0.1) is 25.3 Å². The van der Waals surface area contributed by atoms with Crippen LogP contribution in [-0.2, 0) is 20.5 Å². The summed E-state index contributed by atoms with van der Waals surface area (Å²) in [7, 11) is 2.79. The van der Waals surface area contributed by atoms with Gasteiger partial charge in [0.25, 0.3) is 0 Å².